The van der Waals surface area contributed by atoms with Gasteiger partial charge in [0.2, 0.25) is 21.8 Å². The zero-order valence-corrected chi connectivity index (χ0v) is 21.1. The van der Waals surface area contributed by atoms with E-state index in [1.165, 1.54) is 12.1 Å². The average Bonchev–Trinajstić information content (AvgIpc) is 2.69. The maximum Gasteiger partial charge on any atom is 0.229 e. The van der Waals surface area contributed by atoms with Gasteiger partial charge in [0.05, 0.1) is 24.5 Å². The van der Waals surface area contributed by atoms with E-state index in [9.17, 15) is 17.6 Å². The molecule has 0 spiro atoms. The van der Waals surface area contributed by atoms with Crippen molar-refractivity contribution in [3.63, 3.8) is 0 Å². The Morgan fingerprint density at radius 3 is 2.36 bits per heavy atom. The number of anilines is 1. The molecule has 2 rings (SSSR count). The highest BCUT2D eigenvalue weighted by Gasteiger charge is 2.21. The molecule has 182 valence electrons. The van der Waals surface area contributed by atoms with Gasteiger partial charge in [0.15, 0.2) is 0 Å². The van der Waals surface area contributed by atoms with E-state index in [2.05, 4.69) is 35.8 Å². The number of halogens is 1. The van der Waals surface area contributed by atoms with Crippen LogP contribution in [0.2, 0.25) is 0 Å². The summed E-state index contributed by atoms with van der Waals surface area (Å²) in [6.07, 6.45) is 0.943. The molecule has 7 nitrogen and oxygen atoms in total. The fourth-order valence-electron chi connectivity index (χ4n) is 2.96. The molecule has 0 fully saturated rings. The number of carbonyl (C=O) groups excluding carboxylic acids is 1. The van der Waals surface area contributed by atoms with Gasteiger partial charge < -0.3 is 10.1 Å². The number of rotatable bonds is 9. The Bertz CT molecular complexity index is 1100. The number of carbonyl (C=O) groups is 1. The molecule has 2 aromatic rings. The highest BCUT2D eigenvalue weighted by atomic mass is 32.2. The number of ether oxygens (including phenoxy) is 1. The van der Waals surface area contributed by atoms with E-state index < -0.39 is 21.8 Å². The van der Waals surface area contributed by atoms with Gasteiger partial charge in [-0.25, -0.2) is 17.8 Å². The molecule has 1 atom stereocenters. The number of nitrogens with one attached hydrogen (secondary N) is 2. The Morgan fingerprint density at radius 2 is 1.82 bits per heavy atom. The maximum atomic E-state index is 14.3. The minimum absolute atomic E-state index is 0.144. The van der Waals surface area contributed by atoms with E-state index in [-0.39, 0.29) is 23.6 Å². The third-order valence-corrected chi connectivity index (χ3v) is 5.49. The largest absolute Gasteiger partial charge is 0.477 e. The van der Waals surface area contributed by atoms with Crippen LogP contribution >= 0.6 is 0 Å². The predicted molar refractivity (Wildman–Crippen MR) is 128 cm³/mol. The van der Waals surface area contributed by atoms with Gasteiger partial charge in [-0.1, -0.05) is 46.8 Å². The molecule has 0 saturated carbocycles. The van der Waals surface area contributed by atoms with Crippen molar-refractivity contribution >= 4 is 21.6 Å². The minimum atomic E-state index is -3.60. The Kier molecular flexibility index (Phi) is 8.46. The Morgan fingerprint density at radius 1 is 1.15 bits per heavy atom. The fraction of sp³-hybridized carbons (Fsp3) is 0.500. The molecule has 1 amide bonds. The van der Waals surface area contributed by atoms with Crippen molar-refractivity contribution in [2.45, 2.75) is 59.4 Å². The summed E-state index contributed by atoms with van der Waals surface area (Å²) < 4.78 is 45.0. The van der Waals surface area contributed by atoms with E-state index >= 15 is 0 Å². The first-order valence-electron chi connectivity index (χ1n) is 10.9. The number of amides is 1. The van der Waals surface area contributed by atoms with E-state index in [1.54, 1.807) is 6.92 Å². The topological polar surface area (TPSA) is 97.4 Å². The molecular weight excluding hydrogens is 445 g/mol. The van der Waals surface area contributed by atoms with Crippen molar-refractivity contribution < 1.29 is 22.3 Å². The van der Waals surface area contributed by atoms with Crippen molar-refractivity contribution in [2.75, 3.05) is 17.6 Å². The van der Waals surface area contributed by atoms with Crippen LogP contribution in [0.3, 0.4) is 0 Å². The van der Waals surface area contributed by atoms with E-state index in [0.717, 1.165) is 23.6 Å². The lowest BCUT2D eigenvalue weighted by molar-refractivity contribution is -0.122. The molecular formula is C24H34FN3O4S. The molecule has 0 saturated heterocycles. The van der Waals surface area contributed by atoms with Crippen LogP contribution in [0.5, 0.6) is 5.88 Å². The number of pyridine rings is 1. The summed E-state index contributed by atoms with van der Waals surface area (Å²) in [7, 11) is -3.60. The van der Waals surface area contributed by atoms with Gasteiger partial charge >= 0.3 is 0 Å². The van der Waals surface area contributed by atoms with Crippen molar-refractivity contribution in [2.24, 2.45) is 5.92 Å². The molecule has 1 aromatic heterocycles. The number of sulfonamides is 1. The molecule has 2 N–H and O–H groups in total. The Labute approximate surface area is 196 Å². The predicted octanol–water partition coefficient (Wildman–Crippen LogP) is 4.34. The van der Waals surface area contributed by atoms with Crippen LogP contribution in [0.1, 0.15) is 64.3 Å². The molecule has 0 radical (unpaired) electrons. The van der Waals surface area contributed by atoms with Crippen LogP contribution < -0.4 is 14.8 Å². The maximum absolute atomic E-state index is 14.3. The van der Waals surface area contributed by atoms with Crippen LogP contribution in [0.4, 0.5) is 10.1 Å². The van der Waals surface area contributed by atoms with Crippen molar-refractivity contribution in [1.29, 1.82) is 0 Å². The molecule has 1 aromatic carbocycles. The summed E-state index contributed by atoms with van der Waals surface area (Å²) in [6.45, 7) is 12.7. The Balaban J connectivity index is 2.15. The molecule has 9 heteroatoms. The van der Waals surface area contributed by atoms with Gasteiger partial charge in [0.25, 0.3) is 0 Å². The zero-order valence-electron chi connectivity index (χ0n) is 20.3. The van der Waals surface area contributed by atoms with Gasteiger partial charge in [0.1, 0.15) is 5.82 Å². The summed E-state index contributed by atoms with van der Waals surface area (Å²) in [5.41, 5.74) is 1.77. The third-order valence-electron chi connectivity index (χ3n) is 4.90. The number of nitrogens with zero attached hydrogens (tertiary/aromatic N) is 1. The fourth-order valence-corrected chi connectivity index (χ4v) is 3.53. The summed E-state index contributed by atoms with van der Waals surface area (Å²) in [5, 5.41) is 2.86. The van der Waals surface area contributed by atoms with E-state index in [4.69, 9.17) is 4.74 Å². The van der Waals surface area contributed by atoms with E-state index in [0.29, 0.717) is 24.0 Å². The molecule has 0 aliphatic heterocycles. The third kappa shape index (κ3) is 7.99. The molecule has 1 heterocycles. The molecule has 0 aliphatic rings. The first kappa shape index (κ1) is 26.6. The first-order valence-corrected chi connectivity index (χ1v) is 12.7. The molecule has 0 aliphatic carbocycles. The van der Waals surface area contributed by atoms with Crippen molar-refractivity contribution in [3.05, 3.63) is 53.0 Å². The van der Waals surface area contributed by atoms with Crippen molar-refractivity contribution in [1.82, 2.24) is 10.3 Å². The number of hydrogen-bond acceptors (Lipinski definition) is 5. The molecule has 1 unspecified atom stereocenters. The van der Waals surface area contributed by atoms with Crippen LogP contribution in [-0.2, 0) is 26.8 Å². The summed E-state index contributed by atoms with van der Waals surface area (Å²) in [5.74, 6) is -0.876. The van der Waals surface area contributed by atoms with Crippen LogP contribution in [0, 0.1) is 11.7 Å². The number of hydrogen-bond donors (Lipinski definition) is 2. The quantitative estimate of drug-likeness (QED) is 0.557. The zero-order chi connectivity index (χ0) is 25.0. The normalized spacial score (nSPS) is 13.0. The smallest absolute Gasteiger partial charge is 0.229 e. The van der Waals surface area contributed by atoms with Gasteiger partial charge in [-0.15, -0.1) is 0 Å². The van der Waals surface area contributed by atoms with Crippen LogP contribution in [0.15, 0.2) is 30.3 Å². The monoisotopic (exact) mass is 479 g/mol. The molecule has 33 heavy (non-hydrogen) atoms. The molecule has 0 bridgehead atoms. The summed E-state index contributed by atoms with van der Waals surface area (Å²) in [6, 6.07) is 7.82. The van der Waals surface area contributed by atoms with Crippen LogP contribution in [0.25, 0.3) is 0 Å². The van der Waals surface area contributed by atoms with Gasteiger partial charge in [-0.05, 0) is 36.6 Å². The SMILES string of the molecule is CC(C)COc1nc(C(C)(C)C)ccc1CNC(=O)C(C)c1ccc(NS(C)(=O)=O)c(F)c1. The second-order valence-electron chi connectivity index (χ2n) is 9.67. The second-order valence-corrected chi connectivity index (χ2v) is 11.4. The highest BCUT2D eigenvalue weighted by Crippen LogP contribution is 2.26. The van der Waals surface area contributed by atoms with Crippen molar-refractivity contribution in [3.8, 4) is 5.88 Å². The first-order chi connectivity index (χ1) is 15.2. The Hall–Kier alpha value is -2.68. The van der Waals surface area contributed by atoms with Gasteiger partial charge in [-0.2, -0.15) is 0 Å². The van der Waals surface area contributed by atoms with Gasteiger partial charge in [-0.3, -0.25) is 9.52 Å². The minimum Gasteiger partial charge on any atom is -0.477 e. The summed E-state index contributed by atoms with van der Waals surface area (Å²) in [4.78, 5) is 17.4. The van der Waals surface area contributed by atoms with Gasteiger partial charge in [0, 0.05) is 23.2 Å². The average molecular weight is 480 g/mol. The van der Waals surface area contributed by atoms with E-state index in [1.807, 2.05) is 26.0 Å². The second kappa shape index (κ2) is 10.5. The van der Waals surface area contributed by atoms with Crippen LogP contribution in [-0.4, -0.2) is 32.2 Å². The lowest BCUT2D eigenvalue weighted by Gasteiger charge is -2.21. The lowest BCUT2D eigenvalue weighted by Crippen LogP contribution is -2.28. The number of aromatic nitrogens is 1. The highest BCUT2D eigenvalue weighted by molar-refractivity contribution is 7.92. The standard InChI is InChI=1S/C24H34FN3O4S/c1-15(2)14-32-23-18(9-11-21(27-23)24(4,5)6)13-26-22(29)16(3)17-8-10-20(19(25)12-17)28-33(7,30)31/h8-12,15-16,28H,13-14H2,1-7H3,(H,26,29). The summed E-state index contributed by atoms with van der Waals surface area (Å²) >= 11 is 0. The number of benzene rings is 1. The lowest BCUT2D eigenvalue weighted by atomic mass is 9.91.